The molecule has 6 heteroatoms. The van der Waals surface area contributed by atoms with Gasteiger partial charge in [0.05, 0.1) is 10.6 Å². The predicted molar refractivity (Wildman–Crippen MR) is 96.5 cm³/mol. The molecule has 5 nitrogen and oxygen atoms in total. The van der Waals surface area contributed by atoms with Gasteiger partial charge in [0, 0.05) is 24.8 Å². The average Bonchev–Trinajstić information content (AvgIpc) is 3.04. The summed E-state index contributed by atoms with van der Waals surface area (Å²) in [5.74, 6) is 1.25. The Morgan fingerprint density at radius 2 is 1.80 bits per heavy atom. The van der Waals surface area contributed by atoms with Crippen LogP contribution >= 0.6 is 0 Å². The van der Waals surface area contributed by atoms with E-state index >= 15 is 0 Å². The average molecular weight is 359 g/mol. The molecule has 0 spiro atoms. The fraction of sp³-hybridized carbons (Fsp3) is 0.368. The molecule has 0 saturated heterocycles. The summed E-state index contributed by atoms with van der Waals surface area (Å²) in [7, 11) is -3.33. The number of benzene rings is 2. The third-order valence-electron chi connectivity index (χ3n) is 4.70. The lowest BCUT2D eigenvalue weighted by molar-refractivity contribution is 0.171. The molecule has 0 atom stereocenters. The summed E-state index contributed by atoms with van der Waals surface area (Å²) in [6, 6.07) is 13.2. The second-order valence-electron chi connectivity index (χ2n) is 6.34. The number of nitrogens with zero attached hydrogens (tertiary/aromatic N) is 1. The van der Waals surface area contributed by atoms with E-state index in [1.54, 1.807) is 18.2 Å². The maximum Gasteiger partial charge on any atom is 0.178 e. The summed E-state index contributed by atoms with van der Waals surface area (Å²) in [4.78, 5) is 2.58. The zero-order chi connectivity index (χ0) is 17.3. The van der Waals surface area contributed by atoms with Gasteiger partial charge < -0.3 is 14.4 Å². The lowest BCUT2D eigenvalue weighted by Crippen LogP contribution is -2.24. The normalized spacial score (nSPS) is 15.9. The van der Waals surface area contributed by atoms with Crippen LogP contribution in [0.2, 0.25) is 0 Å². The molecule has 4 rings (SSSR count). The Labute approximate surface area is 148 Å². The summed E-state index contributed by atoms with van der Waals surface area (Å²) in [6.45, 7) is 2.66. The van der Waals surface area contributed by atoms with Crippen molar-refractivity contribution in [1.29, 1.82) is 0 Å². The minimum atomic E-state index is -3.33. The number of anilines is 1. The lowest BCUT2D eigenvalue weighted by Gasteiger charge is -2.20. The van der Waals surface area contributed by atoms with Crippen molar-refractivity contribution in [2.24, 2.45) is 0 Å². The predicted octanol–water partition coefficient (Wildman–Crippen LogP) is 2.68. The second-order valence-corrected chi connectivity index (χ2v) is 8.45. The van der Waals surface area contributed by atoms with Crippen molar-refractivity contribution < 1.29 is 17.9 Å². The van der Waals surface area contributed by atoms with Crippen LogP contribution in [0.3, 0.4) is 0 Å². The van der Waals surface area contributed by atoms with Gasteiger partial charge in [0.25, 0.3) is 0 Å². The number of para-hydroxylation sites is 1. The summed E-state index contributed by atoms with van der Waals surface area (Å²) in [5.41, 5.74) is 2.58. The smallest absolute Gasteiger partial charge is 0.178 e. The van der Waals surface area contributed by atoms with Gasteiger partial charge >= 0.3 is 0 Å². The highest BCUT2D eigenvalue weighted by Crippen LogP contribution is 2.33. The summed E-state index contributed by atoms with van der Waals surface area (Å²) in [5, 5.41) is 0. The molecule has 2 aromatic carbocycles. The molecular formula is C19H21NO4S. The monoisotopic (exact) mass is 359 g/mol. The number of rotatable bonds is 5. The first-order valence-electron chi connectivity index (χ1n) is 8.59. The van der Waals surface area contributed by atoms with Gasteiger partial charge in [0.1, 0.15) is 13.2 Å². The highest BCUT2D eigenvalue weighted by Gasteiger charge is 2.21. The zero-order valence-corrected chi connectivity index (χ0v) is 14.8. The summed E-state index contributed by atoms with van der Waals surface area (Å²) in [6.07, 6.45) is 1.64. The van der Waals surface area contributed by atoms with E-state index in [9.17, 15) is 8.42 Å². The molecule has 0 unspecified atom stereocenters. The molecule has 0 fully saturated rings. The number of fused-ring (bicyclic) bond motifs is 2. The van der Waals surface area contributed by atoms with E-state index in [-0.39, 0.29) is 5.75 Å². The SMILES string of the molecule is O=S(=O)(CCCN1CCc2ccccc21)c1ccc2c(c1)OCCO2. The third-order valence-corrected chi connectivity index (χ3v) is 6.50. The molecule has 0 radical (unpaired) electrons. The van der Waals surface area contributed by atoms with Gasteiger partial charge in [-0.15, -0.1) is 0 Å². The highest BCUT2D eigenvalue weighted by molar-refractivity contribution is 7.91. The molecule has 2 heterocycles. The fourth-order valence-corrected chi connectivity index (χ4v) is 4.73. The van der Waals surface area contributed by atoms with Crippen molar-refractivity contribution in [3.05, 3.63) is 48.0 Å². The number of ether oxygens (including phenoxy) is 2. The van der Waals surface area contributed by atoms with Gasteiger partial charge in [-0.2, -0.15) is 0 Å². The number of hydrogen-bond donors (Lipinski definition) is 0. The molecule has 25 heavy (non-hydrogen) atoms. The Hall–Kier alpha value is -2.21. The van der Waals surface area contributed by atoms with E-state index in [1.807, 2.05) is 6.07 Å². The molecule has 0 aliphatic carbocycles. The topological polar surface area (TPSA) is 55.8 Å². The number of sulfone groups is 1. The Balaban J connectivity index is 1.41. The molecule has 2 aliphatic heterocycles. The molecule has 0 amide bonds. The van der Waals surface area contributed by atoms with Crippen LogP contribution in [-0.4, -0.2) is 40.5 Å². The van der Waals surface area contributed by atoms with Gasteiger partial charge in [-0.25, -0.2) is 8.42 Å². The molecule has 2 aliphatic rings. The Bertz CT molecular complexity index is 879. The first-order chi connectivity index (χ1) is 12.1. The van der Waals surface area contributed by atoms with Crippen LogP contribution in [0.5, 0.6) is 11.5 Å². The summed E-state index contributed by atoms with van der Waals surface area (Å²) >= 11 is 0. The van der Waals surface area contributed by atoms with Crippen LogP contribution in [-0.2, 0) is 16.3 Å². The zero-order valence-electron chi connectivity index (χ0n) is 14.0. The molecular weight excluding hydrogens is 338 g/mol. The fourth-order valence-electron chi connectivity index (χ4n) is 3.42. The van der Waals surface area contributed by atoms with E-state index in [4.69, 9.17) is 9.47 Å². The van der Waals surface area contributed by atoms with Crippen LogP contribution in [0, 0.1) is 0 Å². The van der Waals surface area contributed by atoms with Crippen LogP contribution in [0.4, 0.5) is 5.69 Å². The Morgan fingerprint density at radius 3 is 2.68 bits per heavy atom. The van der Waals surface area contributed by atoms with E-state index < -0.39 is 9.84 Å². The number of hydrogen-bond acceptors (Lipinski definition) is 5. The first-order valence-corrected chi connectivity index (χ1v) is 10.2. The van der Waals surface area contributed by atoms with Gasteiger partial charge in [0.2, 0.25) is 0 Å². The third kappa shape index (κ3) is 3.31. The lowest BCUT2D eigenvalue weighted by atomic mass is 10.2. The van der Waals surface area contributed by atoms with Crippen molar-refractivity contribution in [2.75, 3.05) is 37.0 Å². The quantitative estimate of drug-likeness (QED) is 0.822. The van der Waals surface area contributed by atoms with E-state index in [1.165, 1.54) is 11.3 Å². The maximum absolute atomic E-state index is 12.6. The molecule has 0 aromatic heterocycles. The second kappa shape index (κ2) is 6.59. The molecule has 132 valence electrons. The van der Waals surface area contributed by atoms with Crippen molar-refractivity contribution >= 4 is 15.5 Å². The summed E-state index contributed by atoms with van der Waals surface area (Å²) < 4.78 is 36.2. The first kappa shape index (κ1) is 16.3. The van der Waals surface area contributed by atoms with Crippen molar-refractivity contribution in [3.8, 4) is 11.5 Å². The van der Waals surface area contributed by atoms with Crippen LogP contribution < -0.4 is 14.4 Å². The minimum Gasteiger partial charge on any atom is -0.486 e. The van der Waals surface area contributed by atoms with Crippen molar-refractivity contribution in [2.45, 2.75) is 17.7 Å². The van der Waals surface area contributed by atoms with Crippen molar-refractivity contribution in [1.82, 2.24) is 0 Å². The van der Waals surface area contributed by atoms with Gasteiger partial charge in [-0.05, 0) is 36.6 Å². The largest absolute Gasteiger partial charge is 0.486 e. The minimum absolute atomic E-state index is 0.130. The molecule has 0 saturated carbocycles. The Kier molecular flexibility index (Phi) is 4.29. The van der Waals surface area contributed by atoms with E-state index in [0.29, 0.717) is 36.0 Å². The van der Waals surface area contributed by atoms with Crippen LogP contribution in [0.1, 0.15) is 12.0 Å². The van der Waals surface area contributed by atoms with Crippen LogP contribution in [0.25, 0.3) is 0 Å². The maximum atomic E-state index is 12.6. The molecule has 0 N–H and O–H groups in total. The molecule has 2 aromatic rings. The van der Waals surface area contributed by atoms with Crippen molar-refractivity contribution in [3.63, 3.8) is 0 Å². The standard InChI is InChI=1S/C19H21NO4S/c21-25(22,16-6-7-18-19(14-16)24-12-11-23-18)13-3-9-20-10-8-15-4-1-2-5-17(15)20/h1-2,4-7,14H,3,8-13H2. The van der Waals surface area contributed by atoms with Gasteiger partial charge in [0.15, 0.2) is 21.3 Å². The Morgan fingerprint density at radius 1 is 1.00 bits per heavy atom. The van der Waals surface area contributed by atoms with Crippen LogP contribution in [0.15, 0.2) is 47.4 Å². The molecule has 0 bridgehead atoms. The van der Waals surface area contributed by atoms with E-state index in [2.05, 4.69) is 23.1 Å². The van der Waals surface area contributed by atoms with Gasteiger partial charge in [-0.1, -0.05) is 18.2 Å². The van der Waals surface area contributed by atoms with E-state index in [0.717, 1.165) is 19.5 Å². The highest BCUT2D eigenvalue weighted by atomic mass is 32.2. The van der Waals surface area contributed by atoms with Gasteiger partial charge in [-0.3, -0.25) is 0 Å².